The van der Waals surface area contributed by atoms with Gasteiger partial charge in [0.1, 0.15) is 28.9 Å². The molecule has 0 fully saturated rings. The number of nitrogens with zero attached hydrogens (tertiary/aromatic N) is 1. The van der Waals surface area contributed by atoms with Gasteiger partial charge >= 0.3 is 0 Å². The van der Waals surface area contributed by atoms with Crippen LogP contribution in [-0.2, 0) is 23.3 Å². The van der Waals surface area contributed by atoms with Gasteiger partial charge in [-0.3, -0.25) is 4.79 Å². The molecule has 4 N–H and O–H groups in total. The molecule has 1 atom stereocenters. The third-order valence-corrected chi connectivity index (χ3v) is 6.96. The smallest absolute Gasteiger partial charge is 0.280 e. The maximum atomic E-state index is 12.7. The summed E-state index contributed by atoms with van der Waals surface area (Å²) in [5.74, 6) is 0.750. The molecular weight excluding hydrogens is 396 g/mol. The van der Waals surface area contributed by atoms with Crippen LogP contribution in [0.3, 0.4) is 0 Å². The fourth-order valence-electron chi connectivity index (χ4n) is 4.51. The van der Waals surface area contributed by atoms with E-state index in [1.54, 1.807) is 18.4 Å². The van der Waals surface area contributed by atoms with Gasteiger partial charge in [0.2, 0.25) is 0 Å². The summed E-state index contributed by atoms with van der Waals surface area (Å²) in [7, 11) is 3.64. The number of methoxy groups -OCH3 is 1. The van der Waals surface area contributed by atoms with Crippen LogP contribution in [0.4, 0.5) is 5.00 Å². The topological polar surface area (TPSA) is 83.2 Å². The summed E-state index contributed by atoms with van der Waals surface area (Å²) < 4.78 is 5.19. The Kier molecular flexibility index (Phi) is 6.23. The molecule has 2 aromatic rings. The average molecular weight is 429 g/mol. The molecular formula is C23H32N4O2S+2. The molecule has 0 saturated heterocycles. The van der Waals surface area contributed by atoms with Crippen molar-refractivity contribution in [2.24, 2.45) is 0 Å². The largest absolute Gasteiger partial charge is 0.497 e. The molecule has 3 rings (SSSR count). The van der Waals surface area contributed by atoms with Gasteiger partial charge in [-0.2, -0.15) is 5.26 Å². The number of carbonyl (C=O) groups excluding carboxylic acids is 1. The van der Waals surface area contributed by atoms with Gasteiger partial charge < -0.3 is 20.3 Å². The highest BCUT2D eigenvalue weighted by atomic mass is 32.1. The van der Waals surface area contributed by atoms with Crippen molar-refractivity contribution >= 4 is 22.2 Å². The third-order valence-electron chi connectivity index (χ3n) is 5.47. The first-order valence-electron chi connectivity index (χ1n) is 10.2. The van der Waals surface area contributed by atoms with Crippen LogP contribution in [-0.4, -0.2) is 32.1 Å². The van der Waals surface area contributed by atoms with E-state index in [1.165, 1.54) is 4.88 Å². The minimum Gasteiger partial charge on any atom is -0.497 e. The Hall–Kier alpha value is -2.40. The number of hydrogen-bond donors (Lipinski definition) is 3. The van der Waals surface area contributed by atoms with Crippen LogP contribution < -0.4 is 20.3 Å². The number of quaternary nitrogens is 2. The van der Waals surface area contributed by atoms with Crippen LogP contribution in [0, 0.1) is 11.3 Å². The highest BCUT2D eigenvalue weighted by Gasteiger charge is 2.44. The number of amides is 1. The lowest BCUT2D eigenvalue weighted by molar-refractivity contribution is -0.885. The van der Waals surface area contributed by atoms with Crippen LogP contribution in [0.5, 0.6) is 5.75 Å². The summed E-state index contributed by atoms with van der Waals surface area (Å²) in [5.41, 5.74) is 2.77. The molecule has 2 heterocycles. The second-order valence-corrected chi connectivity index (χ2v) is 10.5. The predicted octanol–water partition coefficient (Wildman–Crippen LogP) is 1.41. The van der Waals surface area contributed by atoms with Crippen LogP contribution in [0.1, 0.15) is 49.3 Å². The summed E-state index contributed by atoms with van der Waals surface area (Å²) in [6.07, 6.45) is 0.823. The van der Waals surface area contributed by atoms with E-state index in [0.717, 1.165) is 34.7 Å². The minimum atomic E-state index is -0.118. The number of nitrogens with one attached hydrogen (secondary N) is 2. The van der Waals surface area contributed by atoms with E-state index < -0.39 is 0 Å². The van der Waals surface area contributed by atoms with E-state index in [-0.39, 0.29) is 17.0 Å². The van der Waals surface area contributed by atoms with Crippen molar-refractivity contribution in [2.45, 2.75) is 51.7 Å². The van der Waals surface area contributed by atoms with Gasteiger partial charge in [0.25, 0.3) is 5.91 Å². The molecule has 0 radical (unpaired) electrons. The molecule has 0 aliphatic carbocycles. The van der Waals surface area contributed by atoms with Gasteiger partial charge in [0.05, 0.1) is 30.1 Å². The van der Waals surface area contributed by atoms with Crippen molar-refractivity contribution in [1.29, 1.82) is 5.26 Å². The highest BCUT2D eigenvalue weighted by molar-refractivity contribution is 7.16. The number of nitriles is 1. The van der Waals surface area contributed by atoms with Crippen LogP contribution in [0.15, 0.2) is 24.3 Å². The van der Waals surface area contributed by atoms with E-state index in [9.17, 15) is 10.1 Å². The van der Waals surface area contributed by atoms with E-state index in [4.69, 9.17) is 4.74 Å². The molecule has 7 heteroatoms. The summed E-state index contributed by atoms with van der Waals surface area (Å²) in [6.45, 7) is 9.84. The maximum absolute atomic E-state index is 12.7. The number of nitrogens with two attached hydrogens (primary N) is 1. The standard InChI is InChI=1S/C23H30N4O2S/c1-22(2)11-17-18(12-24)21(30-20(17)23(3,4)26-22)25-19(28)14-27(5)13-15-7-9-16(29-6)10-8-15/h7-10,26H,11,13-14H2,1-6H3,(H,25,28)/p+2. The van der Waals surface area contributed by atoms with Gasteiger partial charge in [-0.1, -0.05) is 0 Å². The van der Waals surface area contributed by atoms with Crippen molar-refractivity contribution in [2.75, 3.05) is 26.0 Å². The van der Waals surface area contributed by atoms with Crippen LogP contribution in [0.2, 0.25) is 0 Å². The van der Waals surface area contributed by atoms with Crippen LogP contribution in [0.25, 0.3) is 0 Å². The third kappa shape index (κ3) is 4.84. The lowest BCUT2D eigenvalue weighted by Crippen LogP contribution is -3.08. The number of carbonyl (C=O) groups is 1. The van der Waals surface area contributed by atoms with Gasteiger partial charge in [0, 0.05) is 12.0 Å². The first-order valence-corrected chi connectivity index (χ1v) is 11.0. The van der Waals surface area contributed by atoms with E-state index in [0.29, 0.717) is 17.1 Å². The minimum absolute atomic E-state index is 0.0210. The van der Waals surface area contributed by atoms with Crippen LogP contribution >= 0.6 is 11.3 Å². The molecule has 1 aromatic heterocycles. The first kappa shape index (κ1) is 22.3. The number of fused-ring (bicyclic) bond motifs is 1. The maximum Gasteiger partial charge on any atom is 0.280 e. The Morgan fingerprint density at radius 1 is 1.30 bits per heavy atom. The number of rotatable bonds is 6. The summed E-state index contributed by atoms with van der Waals surface area (Å²) in [6, 6.07) is 10.2. The van der Waals surface area contributed by atoms with Crippen molar-refractivity contribution in [1.82, 2.24) is 0 Å². The van der Waals surface area contributed by atoms with Gasteiger partial charge in [-0.15, -0.1) is 11.3 Å². The molecule has 1 aliphatic rings. The fourth-order valence-corrected chi connectivity index (χ4v) is 5.77. The van der Waals surface area contributed by atoms with E-state index >= 15 is 0 Å². The molecule has 0 saturated carbocycles. The zero-order valence-electron chi connectivity index (χ0n) is 18.7. The first-order chi connectivity index (χ1) is 14.0. The molecule has 160 valence electrons. The lowest BCUT2D eigenvalue weighted by atomic mass is 9.81. The quantitative estimate of drug-likeness (QED) is 0.651. The monoisotopic (exact) mass is 428 g/mol. The van der Waals surface area contributed by atoms with Gasteiger partial charge in [-0.25, -0.2) is 0 Å². The number of ether oxygens (including phenoxy) is 1. The summed E-state index contributed by atoms with van der Waals surface area (Å²) in [4.78, 5) is 15.0. The molecule has 30 heavy (non-hydrogen) atoms. The second-order valence-electron chi connectivity index (χ2n) is 9.46. The zero-order chi connectivity index (χ0) is 22.1. The predicted molar refractivity (Wildman–Crippen MR) is 119 cm³/mol. The highest BCUT2D eigenvalue weighted by Crippen LogP contribution is 2.41. The second kappa shape index (κ2) is 8.38. The van der Waals surface area contributed by atoms with E-state index in [1.807, 2.05) is 31.3 Å². The number of anilines is 1. The Labute approximate surface area is 182 Å². The normalized spacial score (nSPS) is 17.5. The number of thiophene rings is 1. The molecule has 1 aliphatic heterocycles. The summed E-state index contributed by atoms with van der Waals surface area (Å²) in [5, 5.41) is 15.9. The van der Waals surface area contributed by atoms with E-state index in [2.05, 4.69) is 44.4 Å². The fraction of sp³-hybridized carbons (Fsp3) is 0.478. The lowest BCUT2D eigenvalue weighted by Gasteiger charge is -2.38. The number of benzene rings is 1. The Morgan fingerprint density at radius 3 is 2.57 bits per heavy atom. The van der Waals surface area contributed by atoms with Gasteiger partial charge in [-0.05, 0) is 57.5 Å². The van der Waals surface area contributed by atoms with Gasteiger partial charge in [0.15, 0.2) is 6.54 Å². The van der Waals surface area contributed by atoms with Crippen molar-refractivity contribution in [3.05, 3.63) is 45.8 Å². The van der Waals surface area contributed by atoms with Crippen molar-refractivity contribution in [3.8, 4) is 11.8 Å². The Morgan fingerprint density at radius 2 is 1.97 bits per heavy atom. The molecule has 6 nitrogen and oxygen atoms in total. The molecule has 1 unspecified atom stereocenters. The molecule has 1 amide bonds. The molecule has 0 bridgehead atoms. The van der Waals surface area contributed by atoms with Crippen molar-refractivity contribution in [3.63, 3.8) is 0 Å². The zero-order valence-corrected chi connectivity index (χ0v) is 19.5. The average Bonchev–Trinajstić information content (AvgIpc) is 2.98. The molecule has 1 aromatic carbocycles. The number of likely N-dealkylation sites (N-methyl/N-ethyl adjacent to an activating group) is 1. The number of hydrogen-bond acceptors (Lipinski definition) is 4. The Balaban J connectivity index is 1.71. The SMILES string of the molecule is COc1ccc(C[NH+](C)CC(=O)Nc2sc3c(c2C#N)CC(C)(C)[NH2+]C3(C)C)cc1. The van der Waals surface area contributed by atoms with Crippen molar-refractivity contribution < 1.29 is 19.7 Å². The molecule has 0 spiro atoms. The Bertz CT molecular complexity index is 970. The summed E-state index contributed by atoms with van der Waals surface area (Å²) >= 11 is 1.55.